The van der Waals surface area contributed by atoms with Crippen molar-refractivity contribution >= 4 is 11.5 Å². The van der Waals surface area contributed by atoms with E-state index in [1.165, 1.54) is 0 Å². The van der Waals surface area contributed by atoms with Gasteiger partial charge in [0.1, 0.15) is 0 Å². The van der Waals surface area contributed by atoms with Crippen molar-refractivity contribution in [1.82, 2.24) is 9.78 Å². The molecule has 0 saturated carbocycles. The first-order valence-electron chi connectivity index (χ1n) is 6.51. The molecule has 4 nitrogen and oxygen atoms in total. The average Bonchev–Trinajstić information content (AvgIpc) is 2.52. The number of nitrogen functional groups attached to an aromatic ring is 1. The van der Waals surface area contributed by atoms with Gasteiger partial charge in [-0.25, -0.2) is 4.68 Å². The van der Waals surface area contributed by atoms with Crippen LogP contribution in [0.5, 0.6) is 0 Å². The molecule has 0 amide bonds. The molecule has 1 rings (SSSR count). The molecule has 4 heteroatoms. The Balaban J connectivity index is 3.25. The fourth-order valence-electron chi connectivity index (χ4n) is 2.04. The van der Waals surface area contributed by atoms with Crippen LogP contribution in [0.25, 0.3) is 0 Å². The Morgan fingerprint density at radius 1 is 1.29 bits per heavy atom. The van der Waals surface area contributed by atoms with Crippen molar-refractivity contribution < 1.29 is 0 Å². The van der Waals surface area contributed by atoms with E-state index in [4.69, 9.17) is 5.73 Å². The molecule has 0 aliphatic heterocycles. The van der Waals surface area contributed by atoms with Crippen molar-refractivity contribution in [3.05, 3.63) is 5.69 Å². The van der Waals surface area contributed by atoms with Crippen LogP contribution in [0.4, 0.5) is 11.5 Å². The SMILES string of the molecule is CCCN(c1c(N)c(C)nn1C(C)C)C(C)C. The molecule has 17 heavy (non-hydrogen) atoms. The van der Waals surface area contributed by atoms with E-state index < -0.39 is 0 Å². The summed E-state index contributed by atoms with van der Waals surface area (Å²) < 4.78 is 2.04. The first kappa shape index (κ1) is 13.9. The highest BCUT2D eigenvalue weighted by atomic mass is 15.4. The summed E-state index contributed by atoms with van der Waals surface area (Å²) in [6, 6.07) is 0.768. The van der Waals surface area contributed by atoms with Crippen molar-refractivity contribution in [2.24, 2.45) is 0 Å². The highest BCUT2D eigenvalue weighted by molar-refractivity contribution is 5.66. The third-order valence-corrected chi connectivity index (χ3v) is 2.95. The lowest BCUT2D eigenvalue weighted by molar-refractivity contribution is 0.512. The molecule has 0 fully saturated rings. The number of anilines is 2. The van der Waals surface area contributed by atoms with Gasteiger partial charge in [-0.2, -0.15) is 5.10 Å². The number of aryl methyl sites for hydroxylation is 1. The molecule has 2 N–H and O–H groups in total. The molecular weight excluding hydrogens is 212 g/mol. The topological polar surface area (TPSA) is 47.1 Å². The highest BCUT2D eigenvalue weighted by Gasteiger charge is 2.21. The van der Waals surface area contributed by atoms with Crippen LogP contribution in [0.15, 0.2) is 0 Å². The maximum Gasteiger partial charge on any atom is 0.151 e. The molecule has 0 spiro atoms. The van der Waals surface area contributed by atoms with E-state index >= 15 is 0 Å². The number of rotatable bonds is 5. The zero-order valence-electron chi connectivity index (χ0n) is 12.0. The number of nitrogens with two attached hydrogens (primary N) is 1. The molecule has 98 valence electrons. The molecule has 0 radical (unpaired) electrons. The molecule has 0 saturated heterocycles. The second kappa shape index (κ2) is 5.43. The Bertz CT molecular complexity index is 366. The predicted molar refractivity (Wildman–Crippen MR) is 74.5 cm³/mol. The van der Waals surface area contributed by atoms with Crippen LogP contribution in [0.3, 0.4) is 0 Å². The standard InChI is InChI=1S/C13H26N4/c1-7-8-16(9(2)3)13-12(14)11(6)15-17(13)10(4)5/h9-10H,7-8,14H2,1-6H3. The fraction of sp³-hybridized carbons (Fsp3) is 0.769. The van der Waals surface area contributed by atoms with Crippen LogP contribution in [0.2, 0.25) is 0 Å². The van der Waals surface area contributed by atoms with Gasteiger partial charge in [-0.15, -0.1) is 0 Å². The van der Waals surface area contributed by atoms with Crippen LogP contribution < -0.4 is 10.6 Å². The van der Waals surface area contributed by atoms with Crippen LogP contribution in [-0.4, -0.2) is 22.4 Å². The third-order valence-electron chi connectivity index (χ3n) is 2.95. The molecule has 1 aromatic rings. The smallest absolute Gasteiger partial charge is 0.151 e. The lowest BCUT2D eigenvalue weighted by Crippen LogP contribution is -2.34. The Labute approximate surface area is 105 Å². The third kappa shape index (κ3) is 2.73. The van der Waals surface area contributed by atoms with Gasteiger partial charge in [0.15, 0.2) is 5.82 Å². The summed E-state index contributed by atoms with van der Waals surface area (Å²) in [5, 5.41) is 4.55. The minimum atomic E-state index is 0.333. The molecular formula is C13H26N4. The summed E-state index contributed by atoms with van der Waals surface area (Å²) in [5.41, 5.74) is 7.93. The van der Waals surface area contributed by atoms with Gasteiger partial charge >= 0.3 is 0 Å². The van der Waals surface area contributed by atoms with Gasteiger partial charge in [0.25, 0.3) is 0 Å². The van der Waals surface area contributed by atoms with E-state index in [2.05, 4.69) is 44.6 Å². The van der Waals surface area contributed by atoms with E-state index in [1.54, 1.807) is 0 Å². The van der Waals surface area contributed by atoms with Gasteiger partial charge in [-0.3, -0.25) is 0 Å². The maximum atomic E-state index is 6.19. The van der Waals surface area contributed by atoms with Crippen molar-refractivity contribution in [1.29, 1.82) is 0 Å². The molecule has 1 heterocycles. The van der Waals surface area contributed by atoms with Gasteiger partial charge < -0.3 is 10.6 Å². The Kier molecular flexibility index (Phi) is 4.43. The zero-order chi connectivity index (χ0) is 13.2. The first-order valence-corrected chi connectivity index (χ1v) is 6.51. The minimum Gasteiger partial charge on any atom is -0.394 e. The van der Waals surface area contributed by atoms with Gasteiger partial charge in [0.2, 0.25) is 0 Å². The number of hydrogen-bond donors (Lipinski definition) is 1. The summed E-state index contributed by atoms with van der Waals surface area (Å²) in [7, 11) is 0. The van der Waals surface area contributed by atoms with Crippen molar-refractivity contribution in [3.63, 3.8) is 0 Å². The summed E-state index contributed by atoms with van der Waals surface area (Å²) in [5.74, 6) is 1.08. The van der Waals surface area contributed by atoms with Gasteiger partial charge in [0, 0.05) is 18.6 Å². The highest BCUT2D eigenvalue weighted by Crippen LogP contribution is 2.30. The Morgan fingerprint density at radius 3 is 2.29 bits per heavy atom. The number of nitrogens with zero attached hydrogens (tertiary/aromatic N) is 3. The minimum absolute atomic E-state index is 0.333. The van der Waals surface area contributed by atoms with E-state index in [0.29, 0.717) is 12.1 Å². The van der Waals surface area contributed by atoms with Crippen LogP contribution in [0, 0.1) is 6.92 Å². The van der Waals surface area contributed by atoms with Crippen LogP contribution in [0.1, 0.15) is 52.8 Å². The Morgan fingerprint density at radius 2 is 1.88 bits per heavy atom. The predicted octanol–water partition coefficient (Wildman–Crippen LogP) is 2.98. The summed E-state index contributed by atoms with van der Waals surface area (Å²) in [4.78, 5) is 2.34. The van der Waals surface area contributed by atoms with Crippen molar-refractivity contribution in [2.45, 2.75) is 60.0 Å². The molecule has 0 aliphatic carbocycles. The summed E-state index contributed by atoms with van der Waals surface area (Å²) >= 11 is 0. The van der Waals surface area contributed by atoms with Crippen LogP contribution >= 0.6 is 0 Å². The summed E-state index contributed by atoms with van der Waals surface area (Å²) in [6.45, 7) is 13.8. The van der Waals surface area contributed by atoms with E-state index in [-0.39, 0.29) is 0 Å². The molecule has 0 aromatic carbocycles. The van der Waals surface area contributed by atoms with E-state index in [9.17, 15) is 0 Å². The molecule has 0 aliphatic rings. The number of aromatic nitrogens is 2. The van der Waals surface area contributed by atoms with Crippen LogP contribution in [-0.2, 0) is 0 Å². The monoisotopic (exact) mass is 238 g/mol. The second-order valence-corrected chi connectivity index (χ2v) is 5.15. The fourth-order valence-corrected chi connectivity index (χ4v) is 2.04. The molecule has 0 bridgehead atoms. The zero-order valence-corrected chi connectivity index (χ0v) is 12.0. The van der Waals surface area contributed by atoms with Gasteiger partial charge in [-0.1, -0.05) is 6.92 Å². The molecule has 1 aromatic heterocycles. The summed E-state index contributed by atoms with van der Waals surface area (Å²) in [6.07, 6.45) is 1.11. The van der Waals surface area contributed by atoms with Crippen molar-refractivity contribution in [3.8, 4) is 0 Å². The largest absolute Gasteiger partial charge is 0.394 e. The molecule has 0 unspecified atom stereocenters. The van der Waals surface area contributed by atoms with Gasteiger partial charge in [0.05, 0.1) is 11.4 Å². The quantitative estimate of drug-likeness (QED) is 0.858. The molecule has 0 atom stereocenters. The lowest BCUT2D eigenvalue weighted by Gasteiger charge is -2.30. The van der Waals surface area contributed by atoms with Gasteiger partial charge in [-0.05, 0) is 41.0 Å². The Hall–Kier alpha value is -1.19. The van der Waals surface area contributed by atoms with E-state index in [0.717, 1.165) is 30.2 Å². The normalized spacial score (nSPS) is 11.5. The number of hydrogen-bond acceptors (Lipinski definition) is 3. The van der Waals surface area contributed by atoms with Crippen molar-refractivity contribution in [2.75, 3.05) is 17.2 Å². The lowest BCUT2D eigenvalue weighted by atomic mass is 10.2. The second-order valence-electron chi connectivity index (χ2n) is 5.15. The average molecular weight is 238 g/mol. The maximum absolute atomic E-state index is 6.19. The van der Waals surface area contributed by atoms with E-state index in [1.807, 2.05) is 11.6 Å². The first-order chi connectivity index (χ1) is 7.90.